The van der Waals surface area contributed by atoms with E-state index >= 15 is 0 Å². The number of benzene rings is 1. The topological polar surface area (TPSA) is 34.1 Å². The Bertz CT molecular complexity index is 513. The molecule has 0 aliphatic carbocycles. The number of thiazole rings is 1. The zero-order valence-electron chi connectivity index (χ0n) is 7.51. The third-order valence-corrected chi connectivity index (χ3v) is 3.48. The van der Waals surface area contributed by atoms with Gasteiger partial charge in [-0.05, 0) is 12.1 Å². The van der Waals surface area contributed by atoms with Crippen molar-refractivity contribution >= 4 is 49.5 Å². The van der Waals surface area contributed by atoms with Crippen LogP contribution in [0, 0.1) is 0 Å². The van der Waals surface area contributed by atoms with E-state index < -0.39 is 6.36 Å². The number of fused-ring (bicyclic) bond motifs is 1. The van der Waals surface area contributed by atoms with Crippen molar-refractivity contribution in [1.29, 1.82) is 0 Å². The smallest absolute Gasteiger partial charge is 0.406 e. The molecule has 0 saturated carbocycles. The molecule has 0 amide bonds. The number of aromatic nitrogens is 1. The molecule has 0 unspecified atom stereocenters. The number of halogens is 4. The van der Waals surface area contributed by atoms with Crippen LogP contribution < -0.4 is 8.27 Å². The van der Waals surface area contributed by atoms with Gasteiger partial charge in [-0.1, -0.05) is 11.3 Å². The first kappa shape index (κ1) is 11.7. The molecule has 1 N–H and O–H groups in total. The molecule has 0 spiro atoms. The van der Waals surface area contributed by atoms with Crippen LogP contribution in [0.25, 0.3) is 10.2 Å². The van der Waals surface area contributed by atoms with E-state index in [1.807, 2.05) is 22.9 Å². The Kier molecular flexibility index (Phi) is 3.10. The summed E-state index contributed by atoms with van der Waals surface area (Å²) in [6, 6.07) is 4.05. The van der Waals surface area contributed by atoms with Gasteiger partial charge in [0.25, 0.3) is 0 Å². The van der Waals surface area contributed by atoms with Gasteiger partial charge in [0, 0.05) is 6.07 Å². The van der Waals surface area contributed by atoms with Gasteiger partial charge in [-0.25, -0.2) is 4.98 Å². The fourth-order valence-corrected chi connectivity index (χ4v) is 2.38. The molecule has 16 heavy (non-hydrogen) atoms. The molecule has 0 aliphatic rings. The molecule has 2 rings (SSSR count). The van der Waals surface area contributed by atoms with E-state index in [0.29, 0.717) is 15.3 Å². The minimum absolute atomic E-state index is 0.233. The number of ether oxygens (including phenoxy) is 1. The Morgan fingerprint density at radius 3 is 2.75 bits per heavy atom. The predicted octanol–water partition coefficient (Wildman–Crippen LogP) is 3.96. The fourth-order valence-electron chi connectivity index (χ4n) is 1.14. The van der Waals surface area contributed by atoms with Gasteiger partial charge < -0.3 is 8.27 Å². The van der Waals surface area contributed by atoms with Gasteiger partial charge >= 0.3 is 6.36 Å². The highest BCUT2D eigenvalue weighted by Crippen LogP contribution is 2.31. The number of hydrogen-bond donors (Lipinski definition) is 1. The van der Waals surface area contributed by atoms with E-state index in [4.69, 9.17) is 0 Å². The minimum Gasteiger partial charge on any atom is -0.406 e. The third-order valence-electron chi connectivity index (χ3n) is 1.67. The van der Waals surface area contributed by atoms with E-state index in [1.165, 1.54) is 29.5 Å². The predicted molar refractivity (Wildman–Crippen MR) is 63.9 cm³/mol. The molecule has 0 bridgehead atoms. The lowest BCUT2D eigenvalue weighted by molar-refractivity contribution is -0.274. The van der Waals surface area contributed by atoms with Crippen molar-refractivity contribution in [2.75, 3.05) is 3.53 Å². The molecule has 0 fully saturated rings. The van der Waals surface area contributed by atoms with Crippen LogP contribution in [-0.2, 0) is 0 Å². The van der Waals surface area contributed by atoms with Crippen LogP contribution in [-0.4, -0.2) is 11.3 Å². The molecule has 0 atom stereocenters. The molecule has 0 radical (unpaired) electrons. The fraction of sp³-hybridized carbons (Fsp3) is 0.125. The minimum atomic E-state index is -4.66. The number of nitrogens with zero attached hydrogens (tertiary/aromatic N) is 1. The third kappa shape index (κ3) is 2.67. The molecule has 1 aromatic heterocycles. The summed E-state index contributed by atoms with van der Waals surface area (Å²) < 4.78 is 43.1. The Balaban J connectivity index is 2.36. The summed E-state index contributed by atoms with van der Waals surface area (Å²) in [6.07, 6.45) is -4.66. The lowest BCUT2D eigenvalue weighted by atomic mass is 10.3. The lowest BCUT2D eigenvalue weighted by Crippen LogP contribution is -2.16. The van der Waals surface area contributed by atoms with Crippen molar-refractivity contribution in [1.82, 2.24) is 4.98 Å². The first-order chi connectivity index (χ1) is 7.48. The largest absolute Gasteiger partial charge is 0.573 e. The van der Waals surface area contributed by atoms with Crippen molar-refractivity contribution in [3.8, 4) is 5.75 Å². The van der Waals surface area contributed by atoms with Crippen molar-refractivity contribution in [3.05, 3.63) is 18.2 Å². The SMILES string of the molecule is FC(F)(F)Oc1ccc2nc(NI)sc2c1. The zero-order valence-corrected chi connectivity index (χ0v) is 10.5. The molecular formula is C8H4F3IN2OS. The average molecular weight is 360 g/mol. The Morgan fingerprint density at radius 2 is 2.12 bits per heavy atom. The zero-order chi connectivity index (χ0) is 11.8. The maximum Gasteiger partial charge on any atom is 0.573 e. The molecule has 1 heterocycles. The van der Waals surface area contributed by atoms with Crippen LogP contribution >= 0.6 is 34.2 Å². The Labute approximate surface area is 106 Å². The van der Waals surface area contributed by atoms with Crippen LogP contribution in [0.1, 0.15) is 0 Å². The summed E-state index contributed by atoms with van der Waals surface area (Å²) in [7, 11) is 0. The van der Waals surface area contributed by atoms with Crippen LogP contribution in [0.3, 0.4) is 0 Å². The first-order valence-electron chi connectivity index (χ1n) is 4.01. The molecule has 1 aromatic carbocycles. The van der Waals surface area contributed by atoms with E-state index in [9.17, 15) is 13.2 Å². The van der Waals surface area contributed by atoms with Crippen molar-refractivity contribution in [3.63, 3.8) is 0 Å². The van der Waals surface area contributed by atoms with E-state index in [2.05, 4.69) is 13.3 Å². The number of hydrogen-bond acceptors (Lipinski definition) is 4. The lowest BCUT2D eigenvalue weighted by Gasteiger charge is -2.07. The number of rotatable bonds is 2. The van der Waals surface area contributed by atoms with Crippen LogP contribution in [0.15, 0.2) is 18.2 Å². The van der Waals surface area contributed by atoms with Crippen LogP contribution in [0.5, 0.6) is 5.75 Å². The van der Waals surface area contributed by atoms with Gasteiger partial charge in [0.15, 0.2) is 5.13 Å². The highest BCUT2D eigenvalue weighted by molar-refractivity contribution is 14.1. The monoisotopic (exact) mass is 360 g/mol. The van der Waals surface area contributed by atoms with Gasteiger partial charge in [-0.2, -0.15) is 0 Å². The van der Waals surface area contributed by atoms with Gasteiger partial charge in [0.05, 0.1) is 33.1 Å². The maximum absolute atomic E-state index is 12.0. The molecule has 86 valence electrons. The second-order valence-electron chi connectivity index (χ2n) is 2.79. The normalized spacial score (nSPS) is 11.8. The number of alkyl halides is 3. The highest BCUT2D eigenvalue weighted by atomic mass is 127. The van der Waals surface area contributed by atoms with Gasteiger partial charge in [0.1, 0.15) is 5.75 Å². The second kappa shape index (κ2) is 4.24. The molecule has 8 heteroatoms. The van der Waals surface area contributed by atoms with Crippen molar-refractivity contribution in [2.45, 2.75) is 6.36 Å². The Morgan fingerprint density at radius 1 is 1.38 bits per heavy atom. The average Bonchev–Trinajstić information content (AvgIpc) is 2.57. The van der Waals surface area contributed by atoms with Crippen molar-refractivity contribution in [2.24, 2.45) is 0 Å². The Hall–Kier alpha value is -0.770. The molecule has 2 aromatic rings. The summed E-state index contributed by atoms with van der Waals surface area (Å²) in [6.45, 7) is 0. The molecule has 0 aliphatic heterocycles. The highest BCUT2D eigenvalue weighted by Gasteiger charge is 2.31. The van der Waals surface area contributed by atoms with E-state index in [-0.39, 0.29) is 5.75 Å². The number of nitrogens with one attached hydrogen (secondary N) is 1. The van der Waals surface area contributed by atoms with Crippen LogP contribution in [0.2, 0.25) is 0 Å². The summed E-state index contributed by atoms with van der Waals surface area (Å²) >= 11 is 3.17. The summed E-state index contributed by atoms with van der Waals surface area (Å²) in [5.41, 5.74) is 0.638. The molecule has 3 nitrogen and oxygen atoms in total. The molecular weight excluding hydrogens is 356 g/mol. The number of anilines is 1. The van der Waals surface area contributed by atoms with Gasteiger partial charge in [-0.15, -0.1) is 13.2 Å². The quantitative estimate of drug-likeness (QED) is 0.651. The van der Waals surface area contributed by atoms with Crippen LogP contribution in [0.4, 0.5) is 18.3 Å². The molecule has 0 saturated heterocycles. The van der Waals surface area contributed by atoms with Crippen molar-refractivity contribution < 1.29 is 17.9 Å². The standard InChI is InChI=1S/C8H4F3IN2OS/c9-8(10,11)15-4-1-2-5-6(3-4)16-7(13-5)14-12/h1-3H,(H,13,14). The summed E-state index contributed by atoms with van der Waals surface area (Å²) in [5, 5.41) is 0.639. The van der Waals surface area contributed by atoms with E-state index in [0.717, 1.165) is 0 Å². The van der Waals surface area contributed by atoms with Gasteiger partial charge in [0.2, 0.25) is 0 Å². The summed E-state index contributed by atoms with van der Waals surface area (Å²) in [4.78, 5) is 4.13. The van der Waals surface area contributed by atoms with E-state index in [1.54, 1.807) is 0 Å². The second-order valence-corrected chi connectivity index (χ2v) is 4.36. The maximum atomic E-state index is 12.0. The summed E-state index contributed by atoms with van der Waals surface area (Å²) in [5.74, 6) is -0.233. The van der Waals surface area contributed by atoms with Gasteiger partial charge in [-0.3, -0.25) is 0 Å². The first-order valence-corrected chi connectivity index (χ1v) is 5.90.